The van der Waals surface area contributed by atoms with Gasteiger partial charge in [0.1, 0.15) is 11.9 Å². The number of carbonyl (C=O) groups excluding carboxylic acids is 1. The zero-order chi connectivity index (χ0) is 14.4. The molecule has 1 N–H and O–H groups in total. The molecule has 0 amide bonds. The van der Waals surface area contributed by atoms with Crippen LogP contribution in [0.1, 0.15) is 31.4 Å². The highest BCUT2D eigenvalue weighted by Crippen LogP contribution is 2.19. The Morgan fingerprint density at radius 3 is 3.00 bits per heavy atom. The Labute approximate surface area is 118 Å². The fraction of sp³-hybridized carbons (Fsp3) is 0.533. The van der Waals surface area contributed by atoms with Crippen molar-refractivity contribution in [1.29, 1.82) is 0 Å². The molecule has 0 radical (unpaired) electrons. The molecule has 0 aromatic heterocycles. The van der Waals surface area contributed by atoms with Crippen LogP contribution in [-0.2, 0) is 14.3 Å². The van der Waals surface area contributed by atoms with Crippen LogP contribution < -0.4 is 5.32 Å². The molecule has 0 bridgehead atoms. The molecule has 1 aromatic carbocycles. The minimum atomic E-state index is -0.791. The van der Waals surface area contributed by atoms with Crippen molar-refractivity contribution in [3.05, 3.63) is 35.6 Å². The monoisotopic (exact) mass is 281 g/mol. The van der Waals surface area contributed by atoms with Crippen LogP contribution in [0.3, 0.4) is 0 Å². The molecular formula is C15H20FNO3. The summed E-state index contributed by atoms with van der Waals surface area (Å²) in [6, 6.07) is 5.45. The highest BCUT2D eigenvalue weighted by Gasteiger charge is 2.26. The first-order chi connectivity index (χ1) is 9.72. The van der Waals surface area contributed by atoms with Crippen molar-refractivity contribution in [2.75, 3.05) is 19.8 Å². The number of rotatable bonds is 6. The second-order valence-electron chi connectivity index (χ2n) is 4.75. The maximum Gasteiger partial charge on any atom is 0.327 e. The van der Waals surface area contributed by atoms with Gasteiger partial charge in [-0.1, -0.05) is 18.2 Å². The lowest BCUT2D eigenvalue weighted by Gasteiger charge is -2.20. The average Bonchev–Trinajstić information content (AvgIpc) is 2.94. The van der Waals surface area contributed by atoms with E-state index < -0.39 is 17.8 Å². The molecule has 2 rings (SSSR count). The molecule has 0 saturated carbocycles. The van der Waals surface area contributed by atoms with Crippen LogP contribution in [0.5, 0.6) is 0 Å². The van der Waals surface area contributed by atoms with Crippen LogP contribution in [0.4, 0.5) is 4.39 Å². The second kappa shape index (κ2) is 7.36. The van der Waals surface area contributed by atoms with Gasteiger partial charge in [-0.3, -0.25) is 5.32 Å². The third-order valence-corrected chi connectivity index (χ3v) is 3.31. The van der Waals surface area contributed by atoms with Gasteiger partial charge in [0.25, 0.3) is 0 Å². The Morgan fingerprint density at radius 1 is 1.55 bits per heavy atom. The molecule has 110 valence electrons. The predicted molar refractivity (Wildman–Crippen MR) is 72.8 cm³/mol. The number of ether oxygens (including phenoxy) is 2. The summed E-state index contributed by atoms with van der Waals surface area (Å²) >= 11 is 0. The van der Waals surface area contributed by atoms with Gasteiger partial charge >= 0.3 is 5.97 Å². The fourth-order valence-electron chi connectivity index (χ4n) is 2.31. The molecule has 0 spiro atoms. The maximum atomic E-state index is 13.9. The van der Waals surface area contributed by atoms with Gasteiger partial charge in [0.15, 0.2) is 0 Å². The maximum absolute atomic E-state index is 13.9. The molecule has 0 aliphatic carbocycles. The van der Waals surface area contributed by atoms with E-state index in [4.69, 9.17) is 9.47 Å². The van der Waals surface area contributed by atoms with Crippen molar-refractivity contribution in [3.63, 3.8) is 0 Å². The summed E-state index contributed by atoms with van der Waals surface area (Å²) < 4.78 is 24.4. The van der Waals surface area contributed by atoms with E-state index in [1.807, 2.05) is 0 Å². The minimum Gasteiger partial charge on any atom is -0.465 e. The van der Waals surface area contributed by atoms with Crippen LogP contribution in [-0.4, -0.2) is 31.8 Å². The largest absolute Gasteiger partial charge is 0.465 e. The van der Waals surface area contributed by atoms with Gasteiger partial charge in [-0.05, 0) is 25.8 Å². The molecule has 5 heteroatoms. The van der Waals surface area contributed by atoms with E-state index in [0.717, 1.165) is 19.4 Å². The SMILES string of the molecule is CCOC(=O)C(NCC1CCCO1)c1ccccc1F. The normalized spacial score (nSPS) is 19.8. The van der Waals surface area contributed by atoms with E-state index in [2.05, 4.69) is 5.32 Å². The molecule has 20 heavy (non-hydrogen) atoms. The van der Waals surface area contributed by atoms with Crippen LogP contribution >= 0.6 is 0 Å². The number of halogens is 1. The number of hydrogen-bond donors (Lipinski definition) is 1. The first-order valence-electron chi connectivity index (χ1n) is 6.98. The molecular weight excluding hydrogens is 261 g/mol. The fourth-order valence-corrected chi connectivity index (χ4v) is 2.31. The van der Waals surface area contributed by atoms with Crippen LogP contribution in [0, 0.1) is 5.82 Å². The van der Waals surface area contributed by atoms with Gasteiger partial charge in [0.2, 0.25) is 0 Å². The van der Waals surface area contributed by atoms with E-state index >= 15 is 0 Å². The predicted octanol–water partition coefficient (Wildman–Crippen LogP) is 2.20. The minimum absolute atomic E-state index is 0.0821. The number of carbonyl (C=O) groups is 1. The standard InChI is InChI=1S/C15H20FNO3/c1-2-19-15(18)14(12-7-3-4-8-13(12)16)17-10-11-6-5-9-20-11/h3-4,7-8,11,14,17H,2,5-6,9-10H2,1H3. The summed E-state index contributed by atoms with van der Waals surface area (Å²) in [7, 11) is 0. The number of benzene rings is 1. The quantitative estimate of drug-likeness (QED) is 0.812. The lowest BCUT2D eigenvalue weighted by molar-refractivity contribution is -0.146. The zero-order valence-electron chi connectivity index (χ0n) is 11.6. The smallest absolute Gasteiger partial charge is 0.327 e. The summed E-state index contributed by atoms with van der Waals surface area (Å²) in [5, 5.41) is 3.06. The van der Waals surface area contributed by atoms with Gasteiger partial charge in [0.05, 0.1) is 12.7 Å². The van der Waals surface area contributed by atoms with Gasteiger partial charge in [-0.25, -0.2) is 9.18 Å². The summed E-state index contributed by atoms with van der Waals surface area (Å²) in [5.41, 5.74) is 0.309. The Morgan fingerprint density at radius 2 is 2.35 bits per heavy atom. The van der Waals surface area contributed by atoms with Crippen molar-refractivity contribution >= 4 is 5.97 Å². The van der Waals surface area contributed by atoms with Crippen molar-refractivity contribution in [3.8, 4) is 0 Å². The van der Waals surface area contributed by atoms with E-state index in [-0.39, 0.29) is 12.7 Å². The Hall–Kier alpha value is -1.46. The number of nitrogens with one attached hydrogen (secondary N) is 1. The topological polar surface area (TPSA) is 47.6 Å². The highest BCUT2D eigenvalue weighted by atomic mass is 19.1. The number of hydrogen-bond acceptors (Lipinski definition) is 4. The molecule has 1 fully saturated rings. The van der Waals surface area contributed by atoms with Crippen LogP contribution in [0.15, 0.2) is 24.3 Å². The van der Waals surface area contributed by atoms with Crippen molar-refractivity contribution in [1.82, 2.24) is 5.32 Å². The molecule has 2 atom stereocenters. The molecule has 1 heterocycles. The third kappa shape index (κ3) is 3.77. The first kappa shape index (κ1) is 14.9. The van der Waals surface area contributed by atoms with E-state index in [0.29, 0.717) is 12.1 Å². The van der Waals surface area contributed by atoms with Gasteiger partial charge in [-0.2, -0.15) is 0 Å². The molecule has 1 aliphatic heterocycles. The van der Waals surface area contributed by atoms with Crippen molar-refractivity contribution in [2.24, 2.45) is 0 Å². The summed E-state index contributed by atoms with van der Waals surface area (Å²) in [6.07, 6.45) is 2.06. The van der Waals surface area contributed by atoms with E-state index in [1.165, 1.54) is 6.07 Å². The Kier molecular flexibility index (Phi) is 5.49. The summed E-state index contributed by atoms with van der Waals surface area (Å²) in [4.78, 5) is 12.0. The van der Waals surface area contributed by atoms with Crippen LogP contribution in [0.2, 0.25) is 0 Å². The van der Waals surface area contributed by atoms with Crippen molar-refractivity contribution < 1.29 is 18.7 Å². The molecule has 4 nitrogen and oxygen atoms in total. The third-order valence-electron chi connectivity index (χ3n) is 3.31. The Bertz CT molecular complexity index is 446. The van der Waals surface area contributed by atoms with Gasteiger partial charge in [0, 0.05) is 18.7 Å². The van der Waals surface area contributed by atoms with Gasteiger partial charge in [-0.15, -0.1) is 0 Å². The first-order valence-corrected chi connectivity index (χ1v) is 6.98. The highest BCUT2D eigenvalue weighted by molar-refractivity contribution is 5.77. The lowest BCUT2D eigenvalue weighted by Crippen LogP contribution is -2.36. The second-order valence-corrected chi connectivity index (χ2v) is 4.75. The molecule has 1 saturated heterocycles. The van der Waals surface area contributed by atoms with E-state index in [1.54, 1.807) is 25.1 Å². The molecule has 2 unspecified atom stereocenters. The molecule has 1 aromatic rings. The van der Waals surface area contributed by atoms with E-state index in [9.17, 15) is 9.18 Å². The Balaban J connectivity index is 2.07. The zero-order valence-corrected chi connectivity index (χ0v) is 11.6. The number of esters is 1. The summed E-state index contributed by atoms with van der Waals surface area (Å²) in [5.74, 6) is -0.874. The molecule has 1 aliphatic rings. The lowest BCUT2D eigenvalue weighted by atomic mass is 10.1. The average molecular weight is 281 g/mol. The summed E-state index contributed by atoms with van der Waals surface area (Å²) in [6.45, 7) is 3.26. The van der Waals surface area contributed by atoms with Crippen LogP contribution in [0.25, 0.3) is 0 Å². The van der Waals surface area contributed by atoms with Gasteiger partial charge < -0.3 is 9.47 Å². The van der Waals surface area contributed by atoms with Crippen molar-refractivity contribution in [2.45, 2.75) is 31.9 Å².